The third-order valence-corrected chi connectivity index (χ3v) is 10.9. The molecule has 330 valence electrons. The Morgan fingerprint density at radius 1 is 0.536 bits per heavy atom. The molecule has 0 aliphatic rings. The van der Waals surface area contributed by atoms with Gasteiger partial charge in [0.15, 0.2) is 6.10 Å². The van der Waals surface area contributed by atoms with Crippen LogP contribution < -0.4 is 4.89 Å². The van der Waals surface area contributed by atoms with E-state index in [9.17, 15) is 19.0 Å². The molecule has 1 unspecified atom stereocenters. The molecule has 0 bridgehead atoms. The van der Waals surface area contributed by atoms with E-state index in [4.69, 9.17) is 18.5 Å². The highest BCUT2D eigenvalue weighted by Gasteiger charge is 2.21. The first kappa shape index (κ1) is 54.5. The lowest BCUT2D eigenvalue weighted by Gasteiger charge is -2.28. The zero-order valence-electron chi connectivity index (χ0n) is 37.1. The Labute approximate surface area is 345 Å². The van der Waals surface area contributed by atoms with E-state index in [0.717, 1.165) is 51.4 Å². The Morgan fingerprint density at radius 2 is 0.911 bits per heavy atom. The Hall–Kier alpha value is -1.51. The van der Waals surface area contributed by atoms with E-state index in [1.807, 2.05) is 21.1 Å². The van der Waals surface area contributed by atoms with Crippen molar-refractivity contribution in [2.45, 2.75) is 213 Å². The lowest BCUT2D eigenvalue weighted by atomic mass is 10.1. The maximum atomic E-state index is 12.7. The topological polar surface area (TPSA) is 111 Å². The Balaban J connectivity index is 4.35. The number of nitrogens with zero attached hydrogens (tertiary/aromatic N) is 1. The molecule has 10 heteroatoms. The lowest BCUT2D eigenvalue weighted by Crippen LogP contribution is -2.37. The van der Waals surface area contributed by atoms with Crippen LogP contribution in [0.25, 0.3) is 0 Å². The van der Waals surface area contributed by atoms with Gasteiger partial charge < -0.3 is 27.9 Å². The van der Waals surface area contributed by atoms with Gasteiger partial charge >= 0.3 is 11.9 Å². The molecule has 2 atom stereocenters. The third-order valence-electron chi connectivity index (χ3n) is 9.94. The minimum absolute atomic E-state index is 0.0337. The minimum atomic E-state index is -4.63. The van der Waals surface area contributed by atoms with Crippen LogP contribution in [-0.4, -0.2) is 70.0 Å². The van der Waals surface area contributed by atoms with Gasteiger partial charge in [-0.05, 0) is 64.2 Å². The molecule has 0 heterocycles. The molecule has 0 fully saturated rings. The molecule has 0 aliphatic heterocycles. The number of rotatable bonds is 42. The van der Waals surface area contributed by atoms with Gasteiger partial charge in [0.25, 0.3) is 7.82 Å². The van der Waals surface area contributed by atoms with Gasteiger partial charge in [0.1, 0.15) is 19.8 Å². The molecule has 0 aromatic rings. The van der Waals surface area contributed by atoms with Gasteiger partial charge in [-0.15, -0.1) is 0 Å². The predicted molar refractivity (Wildman–Crippen MR) is 231 cm³/mol. The average Bonchev–Trinajstić information content (AvgIpc) is 3.15. The van der Waals surface area contributed by atoms with Crippen LogP contribution in [0.2, 0.25) is 0 Å². The summed E-state index contributed by atoms with van der Waals surface area (Å²) in [5, 5.41) is 0. The highest BCUT2D eigenvalue weighted by Crippen LogP contribution is 2.38. The molecular weight excluding hydrogens is 725 g/mol. The van der Waals surface area contributed by atoms with E-state index in [-0.39, 0.29) is 26.1 Å². The number of quaternary nitrogens is 1. The van der Waals surface area contributed by atoms with Gasteiger partial charge in [-0.3, -0.25) is 14.2 Å². The second-order valence-electron chi connectivity index (χ2n) is 16.8. The van der Waals surface area contributed by atoms with Crippen molar-refractivity contribution in [3.05, 3.63) is 24.3 Å². The summed E-state index contributed by atoms with van der Waals surface area (Å²) in [4.78, 5) is 37.5. The van der Waals surface area contributed by atoms with Crippen LogP contribution in [0, 0.1) is 0 Å². The maximum absolute atomic E-state index is 12.7. The summed E-state index contributed by atoms with van der Waals surface area (Å²) in [6, 6.07) is 0. The highest BCUT2D eigenvalue weighted by molar-refractivity contribution is 7.45. The fourth-order valence-corrected chi connectivity index (χ4v) is 7.02. The van der Waals surface area contributed by atoms with E-state index in [0.29, 0.717) is 17.4 Å². The number of carbonyl (C=O) groups excluding carboxylic acids is 2. The van der Waals surface area contributed by atoms with Crippen LogP contribution in [0.4, 0.5) is 0 Å². The Kier molecular flexibility index (Phi) is 37.9. The van der Waals surface area contributed by atoms with Crippen LogP contribution in [0.5, 0.6) is 0 Å². The Bertz CT molecular complexity index is 1010. The zero-order chi connectivity index (χ0) is 41.4. The van der Waals surface area contributed by atoms with E-state index in [2.05, 4.69) is 38.2 Å². The van der Waals surface area contributed by atoms with Gasteiger partial charge in [-0.25, -0.2) is 0 Å². The van der Waals surface area contributed by atoms with Crippen LogP contribution in [0.1, 0.15) is 206 Å². The van der Waals surface area contributed by atoms with Crippen LogP contribution >= 0.6 is 7.82 Å². The van der Waals surface area contributed by atoms with Crippen molar-refractivity contribution < 1.29 is 42.1 Å². The first-order valence-electron chi connectivity index (χ1n) is 23.0. The standard InChI is InChI=1S/C46H88NO8P/c1-6-8-10-12-14-16-18-20-22-23-25-26-28-30-32-34-36-38-45(48)52-42-44(43-54-56(50,51)53-41-40-47(3,4)5)55-46(49)39-37-35-33-31-29-27-24-21-19-17-15-13-11-9-7-2/h20,22,29,31,44H,6-19,21,23-28,30,32-43H2,1-5H3/b22-20+,31-29+/t44-/m1/s1. The molecule has 0 N–H and O–H groups in total. The number of phosphoric ester groups is 1. The first-order chi connectivity index (χ1) is 27.0. The quantitative estimate of drug-likeness (QED) is 0.0197. The van der Waals surface area contributed by atoms with Crippen molar-refractivity contribution in [1.29, 1.82) is 0 Å². The SMILES string of the molecule is CCCCCCCC/C=C/CCCCCCCCCC(=O)OC[C@H](COP(=O)([O-])OCC[N+](C)(C)C)OC(=O)CCCC/C=C/CCCCCCCCCCC. The van der Waals surface area contributed by atoms with E-state index < -0.39 is 32.5 Å². The number of carbonyl (C=O) groups is 2. The van der Waals surface area contributed by atoms with Crippen LogP contribution in [0.15, 0.2) is 24.3 Å². The number of unbranched alkanes of at least 4 members (excludes halogenated alkanes) is 24. The van der Waals surface area contributed by atoms with Crippen molar-refractivity contribution in [2.75, 3.05) is 47.5 Å². The number of hydrogen-bond acceptors (Lipinski definition) is 8. The van der Waals surface area contributed by atoms with Gasteiger partial charge in [0.05, 0.1) is 27.7 Å². The summed E-state index contributed by atoms with van der Waals surface area (Å²) in [6.45, 7) is 4.21. The first-order valence-corrected chi connectivity index (χ1v) is 24.5. The highest BCUT2D eigenvalue weighted by atomic mass is 31.2. The largest absolute Gasteiger partial charge is 0.756 e. The van der Waals surface area contributed by atoms with Crippen molar-refractivity contribution in [3.63, 3.8) is 0 Å². The van der Waals surface area contributed by atoms with E-state index in [1.54, 1.807) is 0 Å². The van der Waals surface area contributed by atoms with Gasteiger partial charge in [-0.2, -0.15) is 0 Å². The molecule has 0 rings (SSSR count). The van der Waals surface area contributed by atoms with Crippen molar-refractivity contribution in [3.8, 4) is 0 Å². The number of esters is 2. The average molecular weight is 814 g/mol. The monoisotopic (exact) mass is 814 g/mol. The summed E-state index contributed by atoms with van der Waals surface area (Å²) < 4.78 is 33.9. The number of allylic oxidation sites excluding steroid dienone is 4. The summed E-state index contributed by atoms with van der Waals surface area (Å²) >= 11 is 0. The number of likely N-dealkylation sites (N-methyl/N-ethyl adjacent to an activating group) is 1. The maximum Gasteiger partial charge on any atom is 0.306 e. The predicted octanol–water partition coefficient (Wildman–Crippen LogP) is 12.5. The fourth-order valence-electron chi connectivity index (χ4n) is 6.29. The smallest absolute Gasteiger partial charge is 0.306 e. The zero-order valence-corrected chi connectivity index (χ0v) is 38.0. The molecule has 0 aromatic carbocycles. The lowest BCUT2D eigenvalue weighted by molar-refractivity contribution is -0.870. The second kappa shape index (κ2) is 39.0. The van der Waals surface area contributed by atoms with Gasteiger partial charge in [0, 0.05) is 12.8 Å². The van der Waals surface area contributed by atoms with Gasteiger partial charge in [-0.1, -0.05) is 154 Å². The normalized spacial score (nSPS) is 13.8. The fraction of sp³-hybridized carbons (Fsp3) is 0.870. The van der Waals surface area contributed by atoms with E-state index >= 15 is 0 Å². The number of phosphoric acid groups is 1. The van der Waals surface area contributed by atoms with Crippen LogP contribution in [0.3, 0.4) is 0 Å². The summed E-state index contributed by atoms with van der Waals surface area (Å²) in [5.74, 6) is -0.860. The molecular formula is C46H88NO8P. The molecule has 0 radical (unpaired) electrons. The molecule has 0 aromatic heterocycles. The summed E-state index contributed by atoms with van der Waals surface area (Å²) in [5.41, 5.74) is 0. The van der Waals surface area contributed by atoms with Gasteiger partial charge in [0.2, 0.25) is 0 Å². The van der Waals surface area contributed by atoms with Crippen molar-refractivity contribution in [2.24, 2.45) is 0 Å². The number of hydrogen-bond donors (Lipinski definition) is 0. The molecule has 56 heavy (non-hydrogen) atoms. The molecule has 0 aliphatic carbocycles. The summed E-state index contributed by atoms with van der Waals surface area (Å²) in [6.07, 6.45) is 42.0. The molecule has 9 nitrogen and oxygen atoms in total. The molecule has 0 saturated heterocycles. The minimum Gasteiger partial charge on any atom is -0.756 e. The van der Waals surface area contributed by atoms with Crippen LogP contribution in [-0.2, 0) is 32.7 Å². The third kappa shape index (κ3) is 42.1. The van der Waals surface area contributed by atoms with Crippen molar-refractivity contribution >= 4 is 19.8 Å². The number of ether oxygens (including phenoxy) is 2. The van der Waals surface area contributed by atoms with E-state index in [1.165, 1.54) is 122 Å². The molecule has 0 spiro atoms. The Morgan fingerprint density at radius 3 is 1.36 bits per heavy atom. The molecule has 0 saturated carbocycles. The molecule has 0 amide bonds. The summed E-state index contributed by atoms with van der Waals surface area (Å²) in [7, 11) is 1.16. The second-order valence-corrected chi connectivity index (χ2v) is 18.2. The van der Waals surface area contributed by atoms with Crippen molar-refractivity contribution in [1.82, 2.24) is 0 Å².